The Bertz CT molecular complexity index is 622. The molecule has 0 saturated heterocycles. The van der Waals surface area contributed by atoms with E-state index in [1.807, 2.05) is 0 Å². The fourth-order valence-electron chi connectivity index (χ4n) is 1.45. The van der Waals surface area contributed by atoms with Gasteiger partial charge in [0.25, 0.3) is 5.69 Å². The van der Waals surface area contributed by atoms with E-state index in [0.29, 0.717) is 11.6 Å². The van der Waals surface area contributed by atoms with Gasteiger partial charge in [-0.1, -0.05) is 0 Å². The Hall–Kier alpha value is -0.960. The van der Waals surface area contributed by atoms with E-state index < -0.39 is 16.9 Å². The van der Waals surface area contributed by atoms with Gasteiger partial charge in [0.2, 0.25) is 0 Å². The minimum atomic E-state index is -1.56. The molecule has 7 nitrogen and oxygen atoms in total. The summed E-state index contributed by atoms with van der Waals surface area (Å²) in [6.07, 6.45) is 1.79. The Labute approximate surface area is 170 Å². The van der Waals surface area contributed by atoms with Crippen molar-refractivity contribution >= 4 is 23.7 Å². The Morgan fingerprint density at radius 2 is 1.59 bits per heavy atom. The third-order valence-corrected chi connectivity index (χ3v) is 2.39. The summed E-state index contributed by atoms with van der Waals surface area (Å²) >= 11 is 0. The van der Waals surface area contributed by atoms with Crippen LogP contribution in [0.3, 0.4) is 0 Å². The van der Waals surface area contributed by atoms with Crippen LogP contribution in [0, 0.1) is 10.1 Å². The maximum Gasteiger partial charge on any atom is 1.00 e. The van der Waals surface area contributed by atoms with Gasteiger partial charge in [0.1, 0.15) is 0 Å². The molecule has 0 atom stereocenters. The Morgan fingerprint density at radius 3 is 1.95 bits per heavy atom. The number of nitrogens with zero attached hydrogens (tertiary/aromatic N) is 1. The quantitative estimate of drug-likeness (QED) is 0.175. The molecule has 0 bridgehead atoms. The molecule has 0 aromatic heterocycles. The van der Waals surface area contributed by atoms with E-state index in [4.69, 9.17) is 0 Å². The summed E-state index contributed by atoms with van der Waals surface area (Å²) in [5.74, 6) is -3.09. The van der Waals surface area contributed by atoms with E-state index >= 15 is 0 Å². The molecule has 0 spiro atoms. The van der Waals surface area contributed by atoms with Crippen LogP contribution in [-0.4, -0.2) is 16.9 Å². The van der Waals surface area contributed by atoms with Gasteiger partial charge in [-0.3, -0.25) is 10.1 Å². The molecular weight excluding hydrogens is 312 g/mol. The van der Waals surface area contributed by atoms with E-state index in [1.54, 1.807) is 0 Å². The minimum Gasteiger partial charge on any atom is -0.545 e. The molecular formula is C13H9NNa2O6. The van der Waals surface area contributed by atoms with Gasteiger partial charge < -0.3 is 19.8 Å². The molecule has 1 rings (SSSR count). The van der Waals surface area contributed by atoms with E-state index in [2.05, 4.69) is 0 Å². The minimum absolute atomic E-state index is 0. The largest absolute Gasteiger partial charge is 1.00 e. The summed E-state index contributed by atoms with van der Waals surface area (Å²) in [6.45, 7) is 1.28. The average Bonchev–Trinajstić information content (AvgIpc) is 2.35. The molecule has 0 radical (unpaired) electrons. The topological polar surface area (TPSA) is 123 Å². The van der Waals surface area contributed by atoms with Crippen molar-refractivity contribution in [3.8, 4) is 0 Å². The second-order valence-electron chi connectivity index (χ2n) is 3.84. The van der Waals surface area contributed by atoms with Gasteiger partial charge in [0, 0.05) is 17.7 Å². The number of nitro benzene ring substituents is 1. The standard InChI is InChI=1S/C13H11NO6.2Na/c1-8(6-12(15)16)11(13(17)18)7-9-2-4-10(5-3-9)14(19)20;;/h2-7H,1H3,(H,15,16)(H,17,18);;/q;2*+1/p-2. The summed E-state index contributed by atoms with van der Waals surface area (Å²) in [4.78, 5) is 31.3. The number of carbonyl (C=O) groups excluding carboxylic acids is 2. The summed E-state index contributed by atoms with van der Waals surface area (Å²) < 4.78 is 0. The normalized spacial score (nSPS) is 11.0. The molecule has 0 aliphatic heterocycles. The van der Waals surface area contributed by atoms with Crippen LogP contribution < -0.4 is 69.3 Å². The first-order valence-electron chi connectivity index (χ1n) is 5.38. The first-order valence-corrected chi connectivity index (χ1v) is 5.38. The predicted molar refractivity (Wildman–Crippen MR) is 64.8 cm³/mol. The molecule has 0 aliphatic carbocycles. The smallest absolute Gasteiger partial charge is 0.545 e. The number of hydrogen-bond donors (Lipinski definition) is 0. The molecule has 0 N–H and O–H groups in total. The van der Waals surface area contributed by atoms with Gasteiger partial charge in [-0.05, 0) is 42.3 Å². The first-order chi connectivity index (χ1) is 9.31. The molecule has 1 aromatic carbocycles. The Morgan fingerprint density at radius 1 is 1.09 bits per heavy atom. The van der Waals surface area contributed by atoms with Crippen LogP contribution >= 0.6 is 0 Å². The van der Waals surface area contributed by atoms with Gasteiger partial charge in [0.15, 0.2) is 0 Å². The van der Waals surface area contributed by atoms with Crippen molar-refractivity contribution < 1.29 is 83.8 Å². The van der Waals surface area contributed by atoms with E-state index in [0.717, 1.165) is 6.08 Å². The van der Waals surface area contributed by atoms with E-state index in [1.165, 1.54) is 31.2 Å². The van der Waals surface area contributed by atoms with Gasteiger partial charge >= 0.3 is 59.1 Å². The predicted octanol–water partition coefficient (Wildman–Crippen LogP) is -6.57. The van der Waals surface area contributed by atoms with Crippen LogP contribution in [-0.2, 0) is 9.59 Å². The fraction of sp³-hybridized carbons (Fsp3) is 0.0769. The number of carboxylic acids is 2. The number of benzene rings is 1. The van der Waals surface area contributed by atoms with Crippen LogP contribution in [0.4, 0.5) is 5.69 Å². The van der Waals surface area contributed by atoms with Crippen molar-refractivity contribution in [3.63, 3.8) is 0 Å². The second kappa shape index (κ2) is 10.7. The third kappa shape index (κ3) is 7.35. The number of hydrogen-bond acceptors (Lipinski definition) is 6. The van der Waals surface area contributed by atoms with Crippen molar-refractivity contribution in [3.05, 3.63) is 57.2 Å². The molecule has 9 heteroatoms. The molecule has 0 unspecified atom stereocenters. The van der Waals surface area contributed by atoms with Gasteiger partial charge in [-0.2, -0.15) is 0 Å². The van der Waals surface area contributed by atoms with Crippen molar-refractivity contribution in [1.82, 2.24) is 0 Å². The zero-order valence-corrected chi connectivity index (χ0v) is 16.4. The second-order valence-corrected chi connectivity index (χ2v) is 3.84. The van der Waals surface area contributed by atoms with Crippen molar-refractivity contribution in [2.45, 2.75) is 6.92 Å². The van der Waals surface area contributed by atoms with Crippen LogP contribution in [0.1, 0.15) is 12.5 Å². The molecule has 0 saturated carbocycles. The fourth-order valence-corrected chi connectivity index (χ4v) is 1.45. The van der Waals surface area contributed by atoms with E-state index in [-0.39, 0.29) is 75.9 Å². The van der Waals surface area contributed by atoms with E-state index in [9.17, 15) is 29.9 Å². The maximum atomic E-state index is 11.0. The summed E-state index contributed by atoms with van der Waals surface area (Å²) in [7, 11) is 0. The monoisotopic (exact) mass is 321 g/mol. The number of non-ortho nitro benzene ring substituents is 1. The van der Waals surface area contributed by atoms with Crippen molar-refractivity contribution in [2.24, 2.45) is 0 Å². The zero-order valence-electron chi connectivity index (χ0n) is 12.4. The van der Waals surface area contributed by atoms with Gasteiger partial charge in [-0.25, -0.2) is 0 Å². The first kappa shape index (κ1) is 23.3. The molecule has 22 heavy (non-hydrogen) atoms. The number of carboxylic acid groups (broad SMARTS) is 2. The van der Waals surface area contributed by atoms with Gasteiger partial charge in [-0.15, -0.1) is 0 Å². The number of rotatable bonds is 5. The Kier molecular flexibility index (Phi) is 11.4. The van der Waals surface area contributed by atoms with Crippen LogP contribution in [0.2, 0.25) is 0 Å². The van der Waals surface area contributed by atoms with Crippen molar-refractivity contribution in [1.29, 1.82) is 0 Å². The molecule has 0 aliphatic rings. The summed E-state index contributed by atoms with van der Waals surface area (Å²) in [5, 5.41) is 31.8. The Balaban J connectivity index is 0. The van der Waals surface area contributed by atoms with Gasteiger partial charge in [0.05, 0.1) is 16.9 Å². The molecule has 104 valence electrons. The summed E-state index contributed by atoms with van der Waals surface area (Å²) in [5.41, 5.74) is -0.175. The average molecular weight is 321 g/mol. The molecule has 0 fully saturated rings. The maximum absolute atomic E-state index is 11.0. The number of nitro groups is 1. The molecule has 0 heterocycles. The number of aliphatic carboxylic acids is 2. The SMILES string of the molecule is CC(=CC(=O)[O-])C(=Cc1ccc([N+](=O)[O-])cc1)C(=O)[O-].[Na+].[Na+]. The van der Waals surface area contributed by atoms with Crippen LogP contribution in [0.15, 0.2) is 41.5 Å². The molecule has 0 amide bonds. The van der Waals surface area contributed by atoms with Crippen LogP contribution in [0.5, 0.6) is 0 Å². The summed E-state index contributed by atoms with van der Waals surface area (Å²) in [6, 6.07) is 5.09. The number of carbonyl (C=O) groups is 2. The van der Waals surface area contributed by atoms with Crippen LogP contribution in [0.25, 0.3) is 6.08 Å². The third-order valence-electron chi connectivity index (χ3n) is 2.39. The zero-order chi connectivity index (χ0) is 15.3. The van der Waals surface area contributed by atoms with Crippen molar-refractivity contribution in [2.75, 3.05) is 0 Å². The molecule has 1 aromatic rings.